The largest absolute Gasteiger partial charge is 0.344 e. The molecule has 0 amide bonds. The SMILES string of the molecule is C.C.C.C.C.C.C.C.C.C.C.C.N.N.N.N.N.N.N.N.N.N.N.N.N.N.N.N.N.N.N.N.N.N.N.N.N.N.N.N.N.N.N.N.N.N.N.N.N.N.N.N.N.N.N.N.N.N.N.N.N.N.N.N.N.N.N.N.N.N.N.N.N.N.N.N.N.N.N.N.N.N.S.S.S.S.S.S.S.S.S.S.S.S.S.S.S.S.S.S.S.S.S.S.[HH].[HH].[HH].[HH].[HH].[HH].[HH].[HH].[HH].[HH].[HH].[HH].[HH]. The van der Waals surface area contributed by atoms with Crippen LogP contribution in [0.5, 0.6) is 0 Å². The van der Waals surface area contributed by atoms with Gasteiger partial charge in [-0.2, -0.15) is 297 Å². The predicted molar refractivity (Wildman–Crippen MR) is 688 cm³/mol. The lowest BCUT2D eigenvalue weighted by atomic mass is 12.0. The number of hydrogen-bond donors (Lipinski definition) is 70. The summed E-state index contributed by atoms with van der Waals surface area (Å²) < 4.78 is 0. The molecular formula is C12H328N70S22. The molecule has 0 aromatic heterocycles. The van der Waals surface area contributed by atoms with Crippen molar-refractivity contribution in [3.05, 3.63) is 0 Å². The highest BCUT2D eigenvalue weighted by Crippen LogP contribution is 0.671. The van der Waals surface area contributed by atoms with Crippen molar-refractivity contribution in [1.29, 1.82) is 0 Å². The topological polar surface area (TPSA) is 2450 Å². The predicted octanol–water partition coefficient (Wildman–Crippen LogP) is 24.7. The molecule has 0 atom stereocenters. The van der Waals surface area contributed by atoms with Gasteiger partial charge in [0, 0.05) is 18.5 Å². The third kappa shape index (κ3) is 49900. The summed E-state index contributed by atoms with van der Waals surface area (Å²) in [5.41, 5.74) is 0. The van der Waals surface area contributed by atoms with E-state index >= 15 is 0 Å². The minimum Gasteiger partial charge on any atom is -0.344 e. The van der Waals surface area contributed by atoms with Crippen LogP contribution >= 0.6 is 297 Å². The first-order valence-electron chi connectivity index (χ1n) is 0. The molecule has 0 aliphatic heterocycles. The molecule has 0 spiro atoms. The molecule has 0 rings (SSSR count). The first-order valence-corrected chi connectivity index (χ1v) is 0. The maximum Gasteiger partial charge on any atom is 0 e. The van der Waals surface area contributed by atoms with Gasteiger partial charge in [-0.05, 0) is 0 Å². The average Bonchev–Trinajstić information content (AvgIpc) is 0. The van der Waals surface area contributed by atoms with Crippen LogP contribution in [0.3, 0.4) is 0 Å². The molecule has 210 N–H and O–H groups in total. The third-order valence-corrected chi connectivity index (χ3v) is 0. The molecular weight excluding hydrogens is 1830 g/mol. The molecule has 70 nitrogen and oxygen atoms in total. The standard InChI is InChI=1S/12CH4.70H3N.22H2S.13H2/h12*1H4;70*1H3;22*1H2;13*1H. The van der Waals surface area contributed by atoms with Crippen LogP contribution < -0.4 is 431 Å². The molecule has 858 valence electrons. The molecule has 92 heteroatoms. The van der Waals surface area contributed by atoms with Crippen molar-refractivity contribution in [1.82, 2.24) is 431 Å². The normalized spacial score (nSPS) is 0. The Morgan fingerprint density at radius 3 is 0.0385 bits per heavy atom. The summed E-state index contributed by atoms with van der Waals surface area (Å²) in [6, 6.07) is 0. The van der Waals surface area contributed by atoms with Gasteiger partial charge in [-0.25, -0.2) is 0 Å². The molecule has 0 saturated heterocycles. The van der Waals surface area contributed by atoms with Gasteiger partial charge in [-0.15, -0.1) is 0 Å². The monoisotopic (exact) mass is 2160 g/mol. The summed E-state index contributed by atoms with van der Waals surface area (Å²) in [6.45, 7) is 0. The molecule has 104 heavy (non-hydrogen) atoms. The Morgan fingerprint density at radius 2 is 0.0385 bits per heavy atom. The Labute approximate surface area is 829 Å². The summed E-state index contributed by atoms with van der Waals surface area (Å²) >= 11 is 0. The van der Waals surface area contributed by atoms with E-state index in [9.17, 15) is 0 Å². The van der Waals surface area contributed by atoms with Crippen LogP contribution in [0.1, 0.15) is 108 Å². The van der Waals surface area contributed by atoms with Gasteiger partial charge in [0.2, 0.25) is 0 Å². The van der Waals surface area contributed by atoms with Crippen LogP contribution in [0.25, 0.3) is 0 Å². The van der Waals surface area contributed by atoms with E-state index in [1.165, 1.54) is 0 Å². The van der Waals surface area contributed by atoms with Crippen molar-refractivity contribution in [3.8, 4) is 0 Å². The Hall–Kier alpha value is 4.90. The summed E-state index contributed by atoms with van der Waals surface area (Å²) in [7, 11) is 0. The van der Waals surface area contributed by atoms with Gasteiger partial charge in [0.15, 0.2) is 0 Å². The summed E-state index contributed by atoms with van der Waals surface area (Å²) in [5, 5.41) is 0. The van der Waals surface area contributed by atoms with Gasteiger partial charge in [0.1, 0.15) is 0 Å². The van der Waals surface area contributed by atoms with Crippen molar-refractivity contribution < 1.29 is 18.5 Å². The van der Waals surface area contributed by atoms with Gasteiger partial charge >= 0.3 is 0 Å². The van der Waals surface area contributed by atoms with Crippen molar-refractivity contribution in [2.24, 2.45) is 0 Å². The smallest absolute Gasteiger partial charge is 0 e. The number of hydrogen-bond acceptors (Lipinski definition) is 70. The molecule has 0 aliphatic rings. The lowest BCUT2D eigenvalue weighted by molar-refractivity contribution is 2.13. The number of rotatable bonds is 0. The molecule has 0 bridgehead atoms. The zero-order valence-electron chi connectivity index (χ0n) is 60.5. The molecule has 0 radical (unpaired) electrons. The van der Waals surface area contributed by atoms with Crippen LogP contribution in [0.2, 0.25) is 0 Å². The van der Waals surface area contributed by atoms with Crippen molar-refractivity contribution in [3.63, 3.8) is 0 Å². The Bertz CT molecular complexity index is 186. The van der Waals surface area contributed by atoms with Crippen LogP contribution in [0.4, 0.5) is 0 Å². The van der Waals surface area contributed by atoms with Crippen LogP contribution in [0.15, 0.2) is 0 Å². The van der Waals surface area contributed by atoms with Gasteiger partial charge in [-0.3, -0.25) is 0 Å². The quantitative estimate of drug-likeness (QED) is 0.107. The van der Waals surface area contributed by atoms with E-state index in [0.29, 0.717) is 0 Å². The molecule has 0 unspecified atom stereocenters. The second-order valence-electron chi connectivity index (χ2n) is 0. The molecule has 0 aromatic rings. The first-order chi connectivity index (χ1) is 0. The van der Waals surface area contributed by atoms with Gasteiger partial charge < -0.3 is 431 Å². The van der Waals surface area contributed by atoms with Crippen molar-refractivity contribution in [2.75, 3.05) is 0 Å². The van der Waals surface area contributed by atoms with E-state index in [-0.39, 0.29) is 835 Å². The second-order valence-corrected chi connectivity index (χ2v) is 0. The van der Waals surface area contributed by atoms with Gasteiger partial charge in [0.25, 0.3) is 0 Å². The fourth-order valence-corrected chi connectivity index (χ4v) is 0. The fraction of sp³-hybridized carbons (Fsp3) is 1.00. The van der Waals surface area contributed by atoms with E-state index < -0.39 is 0 Å². The summed E-state index contributed by atoms with van der Waals surface area (Å²) in [4.78, 5) is 0. The second kappa shape index (κ2) is 51400. The first kappa shape index (κ1) is 52800. The zero-order valence-corrected chi connectivity index (χ0v) is 82.5. The fourth-order valence-electron chi connectivity index (χ4n) is 0. The lowest BCUT2D eigenvalue weighted by Gasteiger charge is -0.345. The maximum absolute atomic E-state index is 0. The molecule has 0 saturated carbocycles. The Balaban J connectivity index is 0. The van der Waals surface area contributed by atoms with E-state index in [1.807, 2.05) is 0 Å². The van der Waals surface area contributed by atoms with E-state index in [4.69, 9.17) is 0 Å². The van der Waals surface area contributed by atoms with Gasteiger partial charge in [-0.1, -0.05) is 89.1 Å². The van der Waals surface area contributed by atoms with Crippen molar-refractivity contribution >= 4 is 297 Å². The summed E-state index contributed by atoms with van der Waals surface area (Å²) in [6.07, 6.45) is 0. The minimum atomic E-state index is 0. The Kier molecular flexibility index (Phi) is 26100000. The highest BCUT2D eigenvalue weighted by Gasteiger charge is -0.0585. The highest BCUT2D eigenvalue weighted by molar-refractivity contribution is 7.61. The van der Waals surface area contributed by atoms with Crippen LogP contribution in [0, 0.1) is 0 Å². The molecule has 0 fully saturated rings. The van der Waals surface area contributed by atoms with E-state index in [2.05, 4.69) is 0 Å². The van der Waals surface area contributed by atoms with Gasteiger partial charge in [0.05, 0.1) is 0 Å². The lowest BCUT2D eigenvalue weighted by Crippen LogP contribution is -0.482. The molecule has 0 aliphatic carbocycles. The zero-order chi connectivity index (χ0) is 0. The summed E-state index contributed by atoms with van der Waals surface area (Å²) in [5.74, 6) is 0. The van der Waals surface area contributed by atoms with Crippen LogP contribution in [-0.4, -0.2) is 0 Å². The van der Waals surface area contributed by atoms with Crippen LogP contribution in [-0.2, 0) is 0 Å². The average molecular weight is 2160 g/mol. The Morgan fingerprint density at radius 1 is 0.0385 bits per heavy atom. The minimum absolute atomic E-state index is 0. The maximum atomic E-state index is 0. The molecule has 0 heterocycles. The molecule has 0 aromatic carbocycles. The highest BCUT2D eigenvalue weighted by atomic mass is 32.1. The third-order valence-electron chi connectivity index (χ3n) is 0. The van der Waals surface area contributed by atoms with E-state index in [1.54, 1.807) is 0 Å². The van der Waals surface area contributed by atoms with E-state index in [0.717, 1.165) is 0 Å². The van der Waals surface area contributed by atoms with Crippen molar-refractivity contribution in [2.45, 2.75) is 89.1 Å².